The lowest BCUT2D eigenvalue weighted by molar-refractivity contribution is 0.0404. The van der Waals surface area contributed by atoms with Crippen LogP contribution in [0.4, 0.5) is 0 Å². The lowest BCUT2D eigenvalue weighted by Crippen LogP contribution is -2.48. The molecule has 0 radical (unpaired) electrons. The Labute approximate surface area is 149 Å². The average Bonchev–Trinajstić information content (AvgIpc) is 3.00. The molecule has 1 aromatic carbocycles. The smallest absolute Gasteiger partial charge is 0.240 e. The van der Waals surface area contributed by atoms with Crippen LogP contribution in [0.2, 0.25) is 0 Å². The van der Waals surface area contributed by atoms with Gasteiger partial charge in [0.25, 0.3) is 0 Å². The highest BCUT2D eigenvalue weighted by atomic mass is 35.5. The minimum absolute atomic E-state index is 0. The van der Waals surface area contributed by atoms with E-state index >= 15 is 0 Å². The molecule has 0 aliphatic carbocycles. The zero-order valence-corrected chi connectivity index (χ0v) is 14.8. The van der Waals surface area contributed by atoms with Crippen LogP contribution in [-0.2, 0) is 6.54 Å². The third-order valence-corrected chi connectivity index (χ3v) is 5.22. The molecule has 1 atom stereocenters. The maximum atomic E-state index is 5.49. The largest absolute Gasteiger partial charge is 0.479 e. The van der Waals surface area contributed by atoms with E-state index in [1.165, 1.54) is 38.0 Å². The van der Waals surface area contributed by atoms with Gasteiger partial charge >= 0.3 is 0 Å². The zero-order chi connectivity index (χ0) is 14.9. The fourth-order valence-electron chi connectivity index (χ4n) is 4.00. The molecule has 0 saturated carbocycles. The summed E-state index contributed by atoms with van der Waals surface area (Å²) >= 11 is 0. The van der Waals surface area contributed by atoms with Gasteiger partial charge in [-0.05, 0) is 43.3 Å². The van der Waals surface area contributed by atoms with Crippen molar-refractivity contribution in [1.82, 2.24) is 14.7 Å². The van der Waals surface area contributed by atoms with E-state index in [4.69, 9.17) is 4.74 Å². The number of rotatable bonds is 4. The predicted octanol–water partition coefficient (Wildman–Crippen LogP) is 2.50. The summed E-state index contributed by atoms with van der Waals surface area (Å²) in [5.41, 5.74) is 2.25. The molecular formula is C18H26ClN3O2. The molecule has 1 aromatic heterocycles. The number of benzene rings is 1. The highest BCUT2D eigenvalue weighted by molar-refractivity contribution is 5.85. The molecule has 132 valence electrons. The number of piperidine rings is 3. The van der Waals surface area contributed by atoms with Crippen molar-refractivity contribution >= 4 is 12.4 Å². The highest BCUT2D eigenvalue weighted by Gasteiger charge is 2.34. The highest BCUT2D eigenvalue weighted by Crippen LogP contribution is 2.34. The van der Waals surface area contributed by atoms with E-state index in [2.05, 4.69) is 45.1 Å². The molecule has 2 bridgehead atoms. The summed E-state index contributed by atoms with van der Waals surface area (Å²) in [5.74, 6) is 2.34. The SMILES string of the molecule is COc1nn(CC2CN3CCC2CC3)cc1-c1ccccc1.Cl.O. The van der Waals surface area contributed by atoms with Gasteiger partial charge in [-0.2, -0.15) is 0 Å². The summed E-state index contributed by atoms with van der Waals surface area (Å²) < 4.78 is 7.58. The number of fused-ring (bicyclic) bond motifs is 3. The molecule has 5 nitrogen and oxygen atoms in total. The molecule has 3 aliphatic heterocycles. The summed E-state index contributed by atoms with van der Waals surface area (Å²) in [5, 5.41) is 4.66. The lowest BCUT2D eigenvalue weighted by Gasteiger charge is -2.44. The van der Waals surface area contributed by atoms with Crippen LogP contribution in [0.15, 0.2) is 36.5 Å². The maximum absolute atomic E-state index is 5.49. The van der Waals surface area contributed by atoms with Crippen molar-refractivity contribution in [3.05, 3.63) is 36.5 Å². The van der Waals surface area contributed by atoms with E-state index in [0.717, 1.165) is 29.8 Å². The normalized spacial score (nSPS) is 24.8. The van der Waals surface area contributed by atoms with Gasteiger partial charge in [-0.25, -0.2) is 0 Å². The van der Waals surface area contributed by atoms with E-state index in [-0.39, 0.29) is 17.9 Å². The van der Waals surface area contributed by atoms with Crippen molar-refractivity contribution in [3.8, 4) is 17.0 Å². The van der Waals surface area contributed by atoms with Gasteiger partial charge in [0, 0.05) is 19.3 Å². The minimum atomic E-state index is 0. The van der Waals surface area contributed by atoms with Gasteiger partial charge in [0.2, 0.25) is 5.88 Å². The van der Waals surface area contributed by atoms with Crippen LogP contribution in [0.1, 0.15) is 12.8 Å². The Morgan fingerprint density at radius 1 is 1.17 bits per heavy atom. The predicted molar refractivity (Wildman–Crippen MR) is 97.7 cm³/mol. The number of methoxy groups -OCH3 is 1. The van der Waals surface area contributed by atoms with E-state index in [1.54, 1.807) is 7.11 Å². The summed E-state index contributed by atoms with van der Waals surface area (Å²) in [7, 11) is 1.70. The third kappa shape index (κ3) is 3.58. The molecule has 2 aromatic rings. The monoisotopic (exact) mass is 351 g/mol. The topological polar surface area (TPSA) is 61.8 Å². The van der Waals surface area contributed by atoms with Crippen LogP contribution in [0.5, 0.6) is 5.88 Å². The number of halogens is 1. The van der Waals surface area contributed by atoms with Crippen molar-refractivity contribution in [1.29, 1.82) is 0 Å². The van der Waals surface area contributed by atoms with E-state index in [1.807, 2.05) is 6.07 Å². The Morgan fingerprint density at radius 2 is 1.88 bits per heavy atom. The summed E-state index contributed by atoms with van der Waals surface area (Å²) in [6.07, 6.45) is 4.86. The summed E-state index contributed by atoms with van der Waals surface area (Å²) in [4.78, 5) is 2.60. The number of ether oxygens (including phenoxy) is 1. The molecule has 5 rings (SSSR count). The van der Waals surface area contributed by atoms with Gasteiger partial charge in [-0.15, -0.1) is 17.5 Å². The van der Waals surface area contributed by atoms with Crippen molar-refractivity contribution in [2.75, 3.05) is 26.7 Å². The van der Waals surface area contributed by atoms with Crippen LogP contribution in [0.25, 0.3) is 11.1 Å². The zero-order valence-electron chi connectivity index (χ0n) is 14.0. The van der Waals surface area contributed by atoms with Crippen molar-refractivity contribution in [2.24, 2.45) is 11.8 Å². The fourth-order valence-corrected chi connectivity index (χ4v) is 4.00. The quantitative estimate of drug-likeness (QED) is 0.850. The Bertz CT molecular complexity index is 639. The second-order valence-corrected chi connectivity index (χ2v) is 6.54. The van der Waals surface area contributed by atoms with Gasteiger partial charge in [-0.3, -0.25) is 4.68 Å². The molecule has 0 amide bonds. The van der Waals surface area contributed by atoms with Gasteiger partial charge < -0.3 is 15.1 Å². The van der Waals surface area contributed by atoms with Crippen molar-refractivity contribution < 1.29 is 10.2 Å². The molecule has 4 heterocycles. The first-order chi connectivity index (χ1) is 10.8. The van der Waals surface area contributed by atoms with Gasteiger partial charge in [0.05, 0.1) is 12.7 Å². The molecule has 6 heteroatoms. The molecule has 3 aliphatic rings. The molecule has 2 N–H and O–H groups in total. The molecule has 0 spiro atoms. The molecule has 3 saturated heterocycles. The van der Waals surface area contributed by atoms with Gasteiger partial charge in [0.1, 0.15) is 0 Å². The number of hydrogen-bond acceptors (Lipinski definition) is 3. The van der Waals surface area contributed by atoms with Crippen LogP contribution in [0.3, 0.4) is 0 Å². The second-order valence-electron chi connectivity index (χ2n) is 6.54. The van der Waals surface area contributed by atoms with Crippen LogP contribution >= 0.6 is 12.4 Å². The third-order valence-electron chi connectivity index (χ3n) is 5.22. The standard InChI is InChI=1S/C18H23N3O.ClH.H2O/c1-22-18-17(15-5-3-2-4-6-15)13-21(19-18)12-16-11-20-9-7-14(16)8-10-20;;/h2-6,13-14,16H,7-12H2,1H3;1H;1H2. The van der Waals surface area contributed by atoms with E-state index < -0.39 is 0 Å². The Kier molecular flexibility index (Phi) is 6.27. The first-order valence-corrected chi connectivity index (χ1v) is 8.22. The lowest BCUT2D eigenvalue weighted by atomic mass is 9.79. The molecule has 24 heavy (non-hydrogen) atoms. The second kappa shape index (κ2) is 8.01. The maximum Gasteiger partial charge on any atom is 0.240 e. The fraction of sp³-hybridized carbons (Fsp3) is 0.500. The minimum Gasteiger partial charge on any atom is -0.479 e. The van der Waals surface area contributed by atoms with Crippen LogP contribution in [-0.4, -0.2) is 46.9 Å². The Hall–Kier alpha value is -1.56. The Balaban J connectivity index is 0.00000104. The number of nitrogens with zero attached hydrogens (tertiary/aromatic N) is 3. The van der Waals surface area contributed by atoms with Crippen molar-refractivity contribution in [2.45, 2.75) is 19.4 Å². The number of hydrogen-bond donors (Lipinski definition) is 0. The van der Waals surface area contributed by atoms with Crippen LogP contribution < -0.4 is 4.74 Å². The summed E-state index contributed by atoms with van der Waals surface area (Å²) in [6, 6.07) is 10.4. The number of aromatic nitrogens is 2. The first-order valence-electron chi connectivity index (χ1n) is 8.22. The van der Waals surface area contributed by atoms with Gasteiger partial charge in [-0.1, -0.05) is 30.3 Å². The van der Waals surface area contributed by atoms with Crippen molar-refractivity contribution in [3.63, 3.8) is 0 Å². The summed E-state index contributed by atoms with van der Waals surface area (Å²) in [6.45, 7) is 4.82. The van der Waals surface area contributed by atoms with E-state index in [9.17, 15) is 0 Å². The Morgan fingerprint density at radius 3 is 2.46 bits per heavy atom. The molecule has 1 unspecified atom stereocenters. The first kappa shape index (κ1) is 18.8. The van der Waals surface area contributed by atoms with Crippen LogP contribution in [0, 0.1) is 11.8 Å². The molecular weight excluding hydrogens is 326 g/mol. The average molecular weight is 352 g/mol. The van der Waals surface area contributed by atoms with E-state index in [0.29, 0.717) is 0 Å². The van der Waals surface area contributed by atoms with Gasteiger partial charge in [0.15, 0.2) is 0 Å². The molecule has 3 fully saturated rings.